The minimum atomic E-state index is -0.482. The van der Waals surface area contributed by atoms with E-state index in [0.717, 1.165) is 0 Å². The zero-order chi connectivity index (χ0) is 13.8. The molecule has 0 heterocycles. The summed E-state index contributed by atoms with van der Waals surface area (Å²) in [6.07, 6.45) is 0. The fraction of sp³-hybridized carbons (Fsp3) is 0.417. The molecular weight excluding hydrogens is 234 g/mol. The van der Waals surface area contributed by atoms with Gasteiger partial charge >= 0.3 is 0 Å². The predicted octanol–water partition coefficient (Wildman–Crippen LogP) is 1.92. The second-order valence-electron chi connectivity index (χ2n) is 4.93. The minimum Gasteiger partial charge on any atom is -0.371 e. The fourth-order valence-electron chi connectivity index (χ4n) is 1.42. The monoisotopic (exact) mass is 251 g/mol. The van der Waals surface area contributed by atoms with Gasteiger partial charge in [-0.15, -0.1) is 0 Å². The average molecular weight is 251 g/mol. The number of rotatable bonds is 4. The summed E-state index contributed by atoms with van der Waals surface area (Å²) in [6, 6.07) is 6.22. The van der Waals surface area contributed by atoms with E-state index in [1.54, 1.807) is 18.2 Å². The van der Waals surface area contributed by atoms with Crippen molar-refractivity contribution in [2.45, 2.75) is 26.3 Å². The van der Waals surface area contributed by atoms with Gasteiger partial charge in [0.15, 0.2) is 0 Å². The number of carbonyl (C=O) groups excluding carboxylic acids is 1. The number of nitro groups is 1. The van der Waals surface area contributed by atoms with E-state index in [1.165, 1.54) is 6.07 Å². The Labute approximate surface area is 106 Å². The highest BCUT2D eigenvalue weighted by atomic mass is 16.6. The molecule has 0 radical (unpaired) electrons. The number of nitrogens with zero attached hydrogens (tertiary/aromatic N) is 1. The first-order chi connectivity index (χ1) is 8.29. The van der Waals surface area contributed by atoms with Gasteiger partial charge in [-0.05, 0) is 26.8 Å². The van der Waals surface area contributed by atoms with E-state index >= 15 is 0 Å². The molecule has 18 heavy (non-hydrogen) atoms. The van der Waals surface area contributed by atoms with Crippen molar-refractivity contribution >= 4 is 17.3 Å². The Morgan fingerprint density at radius 3 is 2.50 bits per heavy atom. The Morgan fingerprint density at radius 1 is 1.33 bits per heavy atom. The molecule has 0 aromatic heterocycles. The first-order valence-corrected chi connectivity index (χ1v) is 5.58. The van der Waals surface area contributed by atoms with Crippen molar-refractivity contribution < 1.29 is 9.72 Å². The molecular formula is C12H17N3O3. The highest BCUT2D eigenvalue weighted by Gasteiger charge is 2.16. The van der Waals surface area contributed by atoms with E-state index in [0.29, 0.717) is 5.69 Å². The van der Waals surface area contributed by atoms with Crippen LogP contribution in [-0.2, 0) is 4.79 Å². The Morgan fingerprint density at radius 2 is 1.94 bits per heavy atom. The van der Waals surface area contributed by atoms with E-state index in [1.807, 2.05) is 20.8 Å². The number of para-hydroxylation sites is 2. The predicted molar refractivity (Wildman–Crippen MR) is 69.5 cm³/mol. The lowest BCUT2D eigenvalue weighted by Crippen LogP contribution is -2.43. The van der Waals surface area contributed by atoms with Crippen LogP contribution in [0.4, 0.5) is 11.4 Å². The molecule has 0 atom stereocenters. The molecule has 6 heteroatoms. The highest BCUT2D eigenvalue weighted by molar-refractivity contribution is 5.82. The number of anilines is 1. The van der Waals surface area contributed by atoms with Gasteiger partial charge < -0.3 is 10.6 Å². The summed E-state index contributed by atoms with van der Waals surface area (Å²) >= 11 is 0. The molecule has 0 aliphatic rings. The van der Waals surface area contributed by atoms with Crippen LogP contribution in [0.2, 0.25) is 0 Å². The minimum absolute atomic E-state index is 0.00211. The number of benzene rings is 1. The van der Waals surface area contributed by atoms with E-state index in [-0.39, 0.29) is 23.7 Å². The van der Waals surface area contributed by atoms with Gasteiger partial charge in [0.2, 0.25) is 5.91 Å². The Balaban J connectivity index is 2.64. The van der Waals surface area contributed by atoms with E-state index in [2.05, 4.69) is 10.6 Å². The van der Waals surface area contributed by atoms with Crippen LogP contribution >= 0.6 is 0 Å². The van der Waals surface area contributed by atoms with Crippen LogP contribution in [0.15, 0.2) is 24.3 Å². The topological polar surface area (TPSA) is 84.3 Å². The van der Waals surface area contributed by atoms with Crippen molar-refractivity contribution in [2.75, 3.05) is 11.9 Å². The first-order valence-electron chi connectivity index (χ1n) is 5.58. The third kappa shape index (κ3) is 4.40. The molecule has 1 rings (SSSR count). The Bertz CT molecular complexity index is 452. The second kappa shape index (κ2) is 5.48. The first kappa shape index (κ1) is 14.0. The lowest BCUT2D eigenvalue weighted by molar-refractivity contribution is -0.383. The highest BCUT2D eigenvalue weighted by Crippen LogP contribution is 2.22. The average Bonchev–Trinajstić information content (AvgIpc) is 2.24. The maximum Gasteiger partial charge on any atom is 0.292 e. The molecule has 1 aromatic carbocycles. The van der Waals surface area contributed by atoms with Gasteiger partial charge in [-0.25, -0.2) is 0 Å². The van der Waals surface area contributed by atoms with Gasteiger partial charge in [-0.3, -0.25) is 14.9 Å². The van der Waals surface area contributed by atoms with Crippen LogP contribution in [0.25, 0.3) is 0 Å². The van der Waals surface area contributed by atoms with Gasteiger partial charge in [0.05, 0.1) is 11.5 Å². The largest absolute Gasteiger partial charge is 0.371 e. The molecule has 0 unspecified atom stereocenters. The van der Waals surface area contributed by atoms with Crippen molar-refractivity contribution in [2.24, 2.45) is 0 Å². The third-order valence-corrected chi connectivity index (χ3v) is 2.05. The zero-order valence-corrected chi connectivity index (χ0v) is 10.7. The van der Waals surface area contributed by atoms with Crippen molar-refractivity contribution in [3.63, 3.8) is 0 Å². The van der Waals surface area contributed by atoms with Crippen LogP contribution in [0.1, 0.15) is 20.8 Å². The molecule has 0 aliphatic carbocycles. The van der Waals surface area contributed by atoms with Crippen molar-refractivity contribution in [1.82, 2.24) is 5.32 Å². The van der Waals surface area contributed by atoms with Crippen LogP contribution in [0.5, 0.6) is 0 Å². The summed E-state index contributed by atoms with van der Waals surface area (Å²) in [5.74, 6) is -0.208. The molecule has 0 saturated heterocycles. The second-order valence-corrected chi connectivity index (χ2v) is 4.93. The van der Waals surface area contributed by atoms with Crippen molar-refractivity contribution in [3.05, 3.63) is 34.4 Å². The Kier molecular flexibility index (Phi) is 4.25. The Hall–Kier alpha value is -2.11. The summed E-state index contributed by atoms with van der Waals surface area (Å²) in [6.45, 7) is 5.61. The quantitative estimate of drug-likeness (QED) is 0.632. The molecule has 0 fully saturated rings. The standard InChI is InChI=1S/C12H17N3O3/c1-12(2,3)14-11(16)8-13-9-6-4-5-7-10(9)15(17)18/h4-7,13H,8H2,1-3H3,(H,14,16). The number of nitrogens with one attached hydrogen (secondary N) is 2. The molecule has 0 aliphatic heterocycles. The fourth-order valence-corrected chi connectivity index (χ4v) is 1.42. The molecule has 0 bridgehead atoms. The van der Waals surface area contributed by atoms with E-state index < -0.39 is 4.92 Å². The molecule has 1 aromatic rings. The SMILES string of the molecule is CC(C)(C)NC(=O)CNc1ccccc1[N+](=O)[O-]. The molecule has 1 amide bonds. The maximum absolute atomic E-state index is 11.6. The number of amides is 1. The van der Waals surface area contributed by atoms with Gasteiger partial charge in [-0.2, -0.15) is 0 Å². The van der Waals surface area contributed by atoms with E-state index in [9.17, 15) is 14.9 Å². The number of hydrogen-bond acceptors (Lipinski definition) is 4. The van der Waals surface area contributed by atoms with Gasteiger partial charge in [0.25, 0.3) is 5.69 Å². The molecule has 2 N–H and O–H groups in total. The molecule has 6 nitrogen and oxygen atoms in total. The molecule has 0 saturated carbocycles. The van der Waals surface area contributed by atoms with Gasteiger partial charge in [0.1, 0.15) is 5.69 Å². The normalized spacial score (nSPS) is 10.8. The van der Waals surface area contributed by atoms with Crippen LogP contribution < -0.4 is 10.6 Å². The van der Waals surface area contributed by atoms with Crippen LogP contribution in [0.3, 0.4) is 0 Å². The van der Waals surface area contributed by atoms with Crippen molar-refractivity contribution in [1.29, 1.82) is 0 Å². The molecule has 0 spiro atoms. The summed E-state index contributed by atoms with van der Waals surface area (Å²) in [7, 11) is 0. The smallest absolute Gasteiger partial charge is 0.292 e. The zero-order valence-electron chi connectivity index (χ0n) is 10.7. The van der Waals surface area contributed by atoms with Gasteiger partial charge in [-0.1, -0.05) is 12.1 Å². The number of hydrogen-bond donors (Lipinski definition) is 2. The summed E-state index contributed by atoms with van der Waals surface area (Å²) in [4.78, 5) is 21.8. The summed E-state index contributed by atoms with van der Waals surface area (Å²) in [5, 5.41) is 16.3. The third-order valence-electron chi connectivity index (χ3n) is 2.05. The number of nitro benzene ring substituents is 1. The van der Waals surface area contributed by atoms with Crippen molar-refractivity contribution in [3.8, 4) is 0 Å². The lowest BCUT2D eigenvalue weighted by atomic mass is 10.1. The van der Waals surface area contributed by atoms with Crippen LogP contribution in [0, 0.1) is 10.1 Å². The maximum atomic E-state index is 11.6. The molecule has 98 valence electrons. The van der Waals surface area contributed by atoms with Crippen LogP contribution in [-0.4, -0.2) is 22.9 Å². The number of carbonyl (C=O) groups is 1. The summed E-state index contributed by atoms with van der Waals surface area (Å²) in [5.41, 5.74) is -0.0194. The van der Waals surface area contributed by atoms with E-state index in [4.69, 9.17) is 0 Å². The lowest BCUT2D eigenvalue weighted by Gasteiger charge is -2.20. The summed E-state index contributed by atoms with van der Waals surface area (Å²) < 4.78 is 0. The van der Waals surface area contributed by atoms with Gasteiger partial charge in [0, 0.05) is 11.6 Å².